The van der Waals surface area contributed by atoms with Gasteiger partial charge in [0, 0.05) is 24.7 Å². The molecule has 1 saturated heterocycles. The Labute approximate surface area is 140 Å². The zero-order chi connectivity index (χ0) is 17.1. The quantitative estimate of drug-likeness (QED) is 0.889. The summed E-state index contributed by atoms with van der Waals surface area (Å²) in [6.07, 6.45) is 3.03. The summed E-state index contributed by atoms with van der Waals surface area (Å²) in [6.45, 7) is 3.37. The summed E-state index contributed by atoms with van der Waals surface area (Å²) in [5, 5.41) is 9.34. The number of carbonyl (C=O) groups is 1. The van der Waals surface area contributed by atoms with E-state index in [2.05, 4.69) is 4.98 Å². The van der Waals surface area contributed by atoms with E-state index >= 15 is 0 Å². The van der Waals surface area contributed by atoms with Crippen LogP contribution in [0, 0.1) is 6.92 Å². The lowest BCUT2D eigenvalue weighted by Crippen LogP contribution is -2.42. The molecule has 0 aliphatic carbocycles. The molecule has 0 saturated carbocycles. The van der Waals surface area contributed by atoms with Gasteiger partial charge in [0.25, 0.3) is 5.91 Å². The number of aryl methyl sites for hydroxylation is 1. The molecule has 3 rings (SSSR count). The molecule has 2 N–H and O–H groups in total. The fraction of sp³-hybridized carbons (Fsp3) is 0.444. The lowest BCUT2D eigenvalue weighted by Gasteiger charge is -2.31. The van der Waals surface area contributed by atoms with Crippen LogP contribution in [0.5, 0.6) is 0 Å². The number of carbonyl (C=O) groups excluding carboxylic acids is 1. The maximum Gasteiger partial charge on any atom is 0.259 e. The number of aliphatic hydroxyl groups excluding tert-OH is 1. The van der Waals surface area contributed by atoms with E-state index in [1.165, 1.54) is 6.20 Å². The highest BCUT2D eigenvalue weighted by Gasteiger charge is 2.25. The number of nitrogens with one attached hydrogen (secondary N) is 1. The van der Waals surface area contributed by atoms with E-state index in [9.17, 15) is 9.59 Å². The number of aromatic amines is 1. The average molecular weight is 330 g/mol. The van der Waals surface area contributed by atoms with Crippen LogP contribution in [0.15, 0.2) is 29.2 Å². The van der Waals surface area contributed by atoms with Gasteiger partial charge in [-0.3, -0.25) is 9.59 Å². The van der Waals surface area contributed by atoms with Gasteiger partial charge in [0.1, 0.15) is 5.56 Å². The smallest absolute Gasteiger partial charge is 0.259 e. The Morgan fingerprint density at radius 1 is 1.38 bits per heavy atom. The monoisotopic (exact) mass is 330 g/mol. The first kappa shape index (κ1) is 16.7. The van der Waals surface area contributed by atoms with E-state index in [0.29, 0.717) is 25.1 Å². The number of piperidine rings is 1. The maximum atomic E-state index is 12.7. The summed E-state index contributed by atoms with van der Waals surface area (Å²) in [7, 11) is 0. The third-order valence-electron chi connectivity index (χ3n) is 4.53. The van der Waals surface area contributed by atoms with Crippen molar-refractivity contribution in [3.63, 3.8) is 0 Å². The number of benzene rings is 1. The summed E-state index contributed by atoms with van der Waals surface area (Å²) in [5.41, 5.74) is 1.71. The Bertz CT molecular complexity index is 791. The normalized spacial score (nSPS) is 15.8. The third-order valence-corrected chi connectivity index (χ3v) is 4.53. The molecular weight excluding hydrogens is 308 g/mol. The van der Waals surface area contributed by atoms with Crippen molar-refractivity contribution < 1.29 is 14.6 Å². The van der Waals surface area contributed by atoms with Crippen LogP contribution < -0.4 is 5.43 Å². The molecule has 1 aromatic carbocycles. The van der Waals surface area contributed by atoms with Gasteiger partial charge in [-0.1, -0.05) is 12.1 Å². The van der Waals surface area contributed by atoms with Crippen molar-refractivity contribution in [3.8, 4) is 0 Å². The number of likely N-dealkylation sites (tertiary alicyclic amines) is 1. The molecule has 1 aromatic heterocycles. The molecule has 6 heteroatoms. The van der Waals surface area contributed by atoms with Gasteiger partial charge < -0.3 is 19.7 Å². The molecule has 0 bridgehead atoms. The number of aromatic nitrogens is 1. The van der Waals surface area contributed by atoms with Crippen molar-refractivity contribution >= 4 is 16.8 Å². The van der Waals surface area contributed by atoms with E-state index in [0.717, 1.165) is 23.9 Å². The summed E-state index contributed by atoms with van der Waals surface area (Å²) in [6, 6.07) is 5.50. The van der Waals surface area contributed by atoms with Crippen molar-refractivity contribution in [2.45, 2.75) is 25.9 Å². The molecule has 1 aliphatic heterocycles. The zero-order valence-electron chi connectivity index (χ0n) is 13.7. The summed E-state index contributed by atoms with van der Waals surface area (Å²) in [5.74, 6) is -0.236. The second-order valence-corrected chi connectivity index (χ2v) is 6.11. The zero-order valence-corrected chi connectivity index (χ0v) is 13.7. The second kappa shape index (κ2) is 7.15. The molecule has 0 radical (unpaired) electrons. The molecule has 0 unspecified atom stereocenters. The fourth-order valence-electron chi connectivity index (χ4n) is 3.18. The minimum Gasteiger partial charge on any atom is -0.394 e. The number of hydrogen-bond donors (Lipinski definition) is 2. The molecule has 128 valence electrons. The summed E-state index contributed by atoms with van der Waals surface area (Å²) in [4.78, 5) is 30.1. The highest BCUT2D eigenvalue weighted by atomic mass is 16.5. The molecule has 1 amide bonds. The lowest BCUT2D eigenvalue weighted by atomic mass is 10.0. The molecule has 0 spiro atoms. The summed E-state index contributed by atoms with van der Waals surface area (Å²) >= 11 is 0. The predicted molar refractivity (Wildman–Crippen MR) is 91.3 cm³/mol. The number of fused-ring (bicyclic) bond motifs is 1. The van der Waals surface area contributed by atoms with Crippen LogP contribution in [-0.4, -0.2) is 53.3 Å². The number of ether oxygens (including phenoxy) is 1. The van der Waals surface area contributed by atoms with Crippen LogP contribution >= 0.6 is 0 Å². The minimum atomic E-state index is -0.236. The average Bonchev–Trinajstić information content (AvgIpc) is 2.61. The first-order valence-corrected chi connectivity index (χ1v) is 8.24. The summed E-state index contributed by atoms with van der Waals surface area (Å²) < 4.78 is 5.50. The molecule has 24 heavy (non-hydrogen) atoms. The van der Waals surface area contributed by atoms with Crippen molar-refractivity contribution in [1.29, 1.82) is 0 Å². The second-order valence-electron chi connectivity index (χ2n) is 6.11. The van der Waals surface area contributed by atoms with Gasteiger partial charge >= 0.3 is 0 Å². The fourth-order valence-corrected chi connectivity index (χ4v) is 3.18. The van der Waals surface area contributed by atoms with Crippen LogP contribution in [0.25, 0.3) is 10.9 Å². The highest BCUT2D eigenvalue weighted by molar-refractivity contribution is 5.97. The van der Waals surface area contributed by atoms with Gasteiger partial charge in [0.05, 0.1) is 24.8 Å². The number of H-pyrrole nitrogens is 1. The van der Waals surface area contributed by atoms with Crippen LogP contribution in [-0.2, 0) is 4.74 Å². The van der Waals surface area contributed by atoms with Gasteiger partial charge in [-0.25, -0.2) is 0 Å². The number of pyridine rings is 1. The van der Waals surface area contributed by atoms with Crippen LogP contribution in [0.1, 0.15) is 28.8 Å². The third kappa shape index (κ3) is 3.20. The lowest BCUT2D eigenvalue weighted by molar-refractivity contribution is -0.00556. The molecule has 6 nitrogen and oxygen atoms in total. The first-order chi connectivity index (χ1) is 11.6. The van der Waals surface area contributed by atoms with Crippen molar-refractivity contribution in [3.05, 3.63) is 45.7 Å². The number of para-hydroxylation sites is 1. The largest absolute Gasteiger partial charge is 0.394 e. The van der Waals surface area contributed by atoms with E-state index in [-0.39, 0.29) is 29.6 Å². The number of rotatable bonds is 4. The molecule has 1 fully saturated rings. The Balaban J connectivity index is 1.78. The van der Waals surface area contributed by atoms with E-state index in [1.54, 1.807) is 11.0 Å². The van der Waals surface area contributed by atoms with Gasteiger partial charge in [-0.15, -0.1) is 0 Å². The predicted octanol–water partition coefficient (Wildman–Crippen LogP) is 1.45. The van der Waals surface area contributed by atoms with E-state index in [4.69, 9.17) is 9.84 Å². The molecular formula is C18H22N2O4. The standard InChI is InChI=1S/C18H22N2O4/c1-12-3-2-4-14-16(12)19-11-15(17(14)22)18(23)20-7-5-13(6-8-20)24-10-9-21/h2-4,11,13,21H,5-10H2,1H3,(H,19,22). The first-order valence-electron chi connectivity index (χ1n) is 8.24. The number of nitrogens with zero attached hydrogens (tertiary/aromatic N) is 1. The highest BCUT2D eigenvalue weighted by Crippen LogP contribution is 2.17. The number of hydrogen-bond acceptors (Lipinski definition) is 4. The van der Waals surface area contributed by atoms with Crippen LogP contribution in [0.4, 0.5) is 0 Å². The Hall–Kier alpha value is -2.18. The molecule has 0 atom stereocenters. The SMILES string of the molecule is Cc1cccc2c(=O)c(C(=O)N3CCC(OCCO)CC3)c[nH]c12. The maximum absolute atomic E-state index is 12.7. The Morgan fingerprint density at radius 3 is 2.83 bits per heavy atom. The van der Waals surface area contributed by atoms with Crippen molar-refractivity contribution in [1.82, 2.24) is 9.88 Å². The van der Waals surface area contributed by atoms with E-state index in [1.807, 2.05) is 19.1 Å². The Morgan fingerprint density at radius 2 is 2.12 bits per heavy atom. The van der Waals surface area contributed by atoms with Gasteiger partial charge in [-0.2, -0.15) is 0 Å². The van der Waals surface area contributed by atoms with Crippen molar-refractivity contribution in [2.24, 2.45) is 0 Å². The van der Waals surface area contributed by atoms with Crippen LogP contribution in [0.2, 0.25) is 0 Å². The molecule has 1 aliphatic rings. The van der Waals surface area contributed by atoms with Crippen LogP contribution in [0.3, 0.4) is 0 Å². The van der Waals surface area contributed by atoms with E-state index < -0.39 is 0 Å². The Kier molecular flexibility index (Phi) is 4.97. The topological polar surface area (TPSA) is 82.6 Å². The van der Waals surface area contributed by atoms with Gasteiger partial charge in [0.2, 0.25) is 5.43 Å². The number of amides is 1. The van der Waals surface area contributed by atoms with Gasteiger partial charge in [0.15, 0.2) is 0 Å². The number of aliphatic hydroxyl groups is 1. The van der Waals surface area contributed by atoms with Crippen molar-refractivity contribution in [2.75, 3.05) is 26.3 Å². The molecule has 2 aromatic rings. The minimum absolute atomic E-state index is 0.00499. The molecule has 2 heterocycles. The van der Waals surface area contributed by atoms with Gasteiger partial charge in [-0.05, 0) is 31.4 Å².